The Morgan fingerprint density at radius 1 is 1.45 bits per heavy atom. The van der Waals surface area contributed by atoms with Crippen molar-refractivity contribution in [2.45, 2.75) is 44.8 Å². The van der Waals surface area contributed by atoms with Crippen LogP contribution < -0.4 is 5.32 Å². The van der Waals surface area contributed by atoms with E-state index in [-0.39, 0.29) is 5.60 Å². The van der Waals surface area contributed by atoms with Crippen LogP contribution >= 0.6 is 11.8 Å². The van der Waals surface area contributed by atoms with Gasteiger partial charge in [-0.2, -0.15) is 26.4 Å². The third-order valence-corrected chi connectivity index (χ3v) is 6.03. The molecule has 2 aliphatic rings. The van der Waals surface area contributed by atoms with Crippen LogP contribution in [0.25, 0.3) is 5.78 Å². The first-order chi connectivity index (χ1) is 10.7. The summed E-state index contributed by atoms with van der Waals surface area (Å²) in [5.41, 5.74) is 2.22. The molecule has 2 aromatic rings. The molecule has 2 fully saturated rings. The lowest BCUT2D eigenvalue weighted by molar-refractivity contribution is -0.0628. The molecule has 0 unspecified atom stereocenters. The van der Waals surface area contributed by atoms with Crippen LogP contribution in [0, 0.1) is 13.8 Å². The van der Waals surface area contributed by atoms with Crippen LogP contribution in [0.4, 0.5) is 5.82 Å². The molecule has 4 heterocycles. The van der Waals surface area contributed by atoms with Crippen LogP contribution in [0.15, 0.2) is 6.33 Å². The minimum atomic E-state index is 0.0814. The Labute approximate surface area is 134 Å². The summed E-state index contributed by atoms with van der Waals surface area (Å²) in [6.45, 7) is 4.95. The molecule has 0 bridgehead atoms. The molecule has 2 aromatic heterocycles. The van der Waals surface area contributed by atoms with Gasteiger partial charge in [0, 0.05) is 29.7 Å². The van der Waals surface area contributed by atoms with E-state index in [4.69, 9.17) is 4.74 Å². The van der Waals surface area contributed by atoms with E-state index >= 15 is 0 Å². The molecule has 7 heteroatoms. The Bertz CT molecular complexity index is 695. The molecule has 2 atom stereocenters. The van der Waals surface area contributed by atoms with Crippen molar-refractivity contribution in [2.24, 2.45) is 0 Å². The summed E-state index contributed by atoms with van der Waals surface area (Å²) in [6, 6.07) is 0.417. The fourth-order valence-electron chi connectivity index (χ4n) is 3.41. The van der Waals surface area contributed by atoms with Crippen molar-refractivity contribution in [3.63, 3.8) is 0 Å². The van der Waals surface area contributed by atoms with E-state index in [0.717, 1.165) is 42.3 Å². The first kappa shape index (κ1) is 14.3. The molecule has 0 aliphatic carbocycles. The Balaban J connectivity index is 1.63. The topological polar surface area (TPSA) is 64.3 Å². The number of aromatic nitrogens is 4. The van der Waals surface area contributed by atoms with Crippen molar-refractivity contribution < 1.29 is 4.74 Å². The Morgan fingerprint density at radius 3 is 3.18 bits per heavy atom. The SMILES string of the molecule is Cc1nc2ncnn2c(N[C@H]2CCO[C@@]3(CCSC3)C2)c1C. The van der Waals surface area contributed by atoms with Crippen LogP contribution in [0.1, 0.15) is 30.5 Å². The number of aryl methyl sites for hydroxylation is 1. The number of nitrogens with one attached hydrogen (secondary N) is 1. The summed E-state index contributed by atoms with van der Waals surface area (Å²) in [6.07, 6.45) is 4.83. The second-order valence-corrected chi connectivity index (χ2v) is 7.42. The predicted octanol–water partition coefficient (Wildman–Crippen LogP) is 2.21. The third kappa shape index (κ3) is 2.36. The third-order valence-electron chi connectivity index (χ3n) is 4.81. The van der Waals surface area contributed by atoms with E-state index in [2.05, 4.69) is 27.3 Å². The summed E-state index contributed by atoms with van der Waals surface area (Å²) in [4.78, 5) is 8.70. The lowest BCUT2D eigenvalue weighted by atomic mass is 9.90. The van der Waals surface area contributed by atoms with Gasteiger partial charge in [0.25, 0.3) is 5.78 Å². The van der Waals surface area contributed by atoms with Crippen molar-refractivity contribution >= 4 is 23.4 Å². The molecule has 4 rings (SSSR count). The van der Waals surface area contributed by atoms with Crippen molar-refractivity contribution in [3.8, 4) is 0 Å². The van der Waals surface area contributed by atoms with E-state index in [0.29, 0.717) is 11.8 Å². The molecule has 22 heavy (non-hydrogen) atoms. The second-order valence-electron chi connectivity index (χ2n) is 6.31. The molecular formula is C15H21N5OS. The van der Waals surface area contributed by atoms with Gasteiger partial charge in [-0.15, -0.1) is 0 Å². The number of nitrogens with zero attached hydrogens (tertiary/aromatic N) is 4. The Kier molecular flexibility index (Phi) is 3.49. The number of rotatable bonds is 2. The van der Waals surface area contributed by atoms with Gasteiger partial charge in [0.05, 0.1) is 5.60 Å². The molecule has 2 aliphatic heterocycles. The monoisotopic (exact) mass is 319 g/mol. The lowest BCUT2D eigenvalue weighted by Crippen LogP contribution is -2.44. The number of fused-ring (bicyclic) bond motifs is 1. The summed E-state index contributed by atoms with van der Waals surface area (Å²) in [5, 5.41) is 8.02. The van der Waals surface area contributed by atoms with Gasteiger partial charge in [0.1, 0.15) is 12.1 Å². The Hall–Kier alpha value is -1.34. The smallest absolute Gasteiger partial charge is 0.254 e. The van der Waals surface area contributed by atoms with Crippen LogP contribution in [-0.4, -0.2) is 49.3 Å². The van der Waals surface area contributed by atoms with Gasteiger partial charge < -0.3 is 10.1 Å². The summed E-state index contributed by atoms with van der Waals surface area (Å²) >= 11 is 2.01. The molecule has 2 saturated heterocycles. The zero-order valence-electron chi connectivity index (χ0n) is 13.0. The highest BCUT2D eigenvalue weighted by atomic mass is 32.2. The first-order valence-electron chi connectivity index (χ1n) is 7.82. The zero-order valence-corrected chi connectivity index (χ0v) is 13.8. The van der Waals surface area contributed by atoms with E-state index < -0.39 is 0 Å². The molecule has 0 amide bonds. The van der Waals surface area contributed by atoms with Crippen LogP contribution in [0.5, 0.6) is 0 Å². The van der Waals surface area contributed by atoms with E-state index in [9.17, 15) is 0 Å². The zero-order chi connectivity index (χ0) is 15.2. The van der Waals surface area contributed by atoms with E-state index in [1.807, 2.05) is 23.2 Å². The second kappa shape index (κ2) is 5.38. The molecule has 118 valence electrons. The van der Waals surface area contributed by atoms with Gasteiger partial charge in [-0.05, 0) is 38.9 Å². The van der Waals surface area contributed by atoms with Gasteiger partial charge in [-0.25, -0.2) is 4.98 Å². The molecule has 0 radical (unpaired) electrons. The van der Waals surface area contributed by atoms with Gasteiger partial charge >= 0.3 is 0 Å². The highest BCUT2D eigenvalue weighted by Gasteiger charge is 2.40. The standard InChI is InChI=1S/C15H21N5OS/c1-10-11(2)18-14-16-9-17-20(14)13(10)19-12-3-5-21-15(7-12)4-6-22-8-15/h9,12,19H,3-8H2,1-2H3/t12-,15-/m0/s1. The average Bonchev–Trinajstić information content (AvgIpc) is 3.14. The molecule has 0 aromatic carbocycles. The average molecular weight is 319 g/mol. The normalized spacial score (nSPS) is 28.5. The maximum absolute atomic E-state index is 6.11. The van der Waals surface area contributed by atoms with E-state index in [1.165, 1.54) is 12.2 Å². The van der Waals surface area contributed by atoms with E-state index in [1.54, 1.807) is 6.33 Å². The highest BCUT2D eigenvalue weighted by molar-refractivity contribution is 7.99. The van der Waals surface area contributed by atoms with Crippen LogP contribution in [-0.2, 0) is 4.74 Å². The molecular weight excluding hydrogens is 298 g/mol. The number of ether oxygens (including phenoxy) is 1. The van der Waals surface area contributed by atoms with Crippen molar-refractivity contribution in [3.05, 3.63) is 17.6 Å². The summed E-state index contributed by atoms with van der Waals surface area (Å²) < 4.78 is 7.93. The fraction of sp³-hybridized carbons (Fsp3) is 0.667. The summed E-state index contributed by atoms with van der Waals surface area (Å²) in [5.74, 6) is 4.02. The van der Waals surface area contributed by atoms with Gasteiger partial charge in [0.2, 0.25) is 0 Å². The molecule has 0 saturated carbocycles. The number of thioether (sulfide) groups is 1. The Morgan fingerprint density at radius 2 is 2.36 bits per heavy atom. The van der Waals surface area contributed by atoms with Crippen molar-refractivity contribution in [1.82, 2.24) is 19.6 Å². The minimum Gasteiger partial charge on any atom is -0.374 e. The molecule has 1 spiro atoms. The van der Waals surface area contributed by atoms with Crippen LogP contribution in [0.2, 0.25) is 0 Å². The van der Waals surface area contributed by atoms with Crippen molar-refractivity contribution in [2.75, 3.05) is 23.4 Å². The van der Waals surface area contributed by atoms with Gasteiger partial charge in [-0.3, -0.25) is 0 Å². The highest BCUT2D eigenvalue weighted by Crippen LogP contribution is 2.39. The van der Waals surface area contributed by atoms with Gasteiger partial charge in [-0.1, -0.05) is 0 Å². The predicted molar refractivity (Wildman–Crippen MR) is 87.5 cm³/mol. The van der Waals surface area contributed by atoms with Gasteiger partial charge in [0.15, 0.2) is 0 Å². The summed E-state index contributed by atoms with van der Waals surface area (Å²) in [7, 11) is 0. The molecule has 6 nitrogen and oxygen atoms in total. The maximum Gasteiger partial charge on any atom is 0.254 e. The number of hydrogen-bond donors (Lipinski definition) is 1. The van der Waals surface area contributed by atoms with Crippen LogP contribution in [0.3, 0.4) is 0 Å². The molecule has 1 N–H and O–H groups in total. The van der Waals surface area contributed by atoms with Crippen molar-refractivity contribution in [1.29, 1.82) is 0 Å². The fourth-order valence-corrected chi connectivity index (χ4v) is 4.79. The largest absolute Gasteiger partial charge is 0.374 e. The lowest BCUT2D eigenvalue weighted by Gasteiger charge is -2.38. The minimum absolute atomic E-state index is 0.0814. The number of hydrogen-bond acceptors (Lipinski definition) is 6. The quantitative estimate of drug-likeness (QED) is 0.915. The first-order valence-corrected chi connectivity index (χ1v) is 8.98. The maximum atomic E-state index is 6.11. The number of anilines is 1.